The van der Waals surface area contributed by atoms with Crippen LogP contribution in [-0.2, 0) is 4.79 Å². The number of carbonyl (C=O) groups is 1. The lowest BCUT2D eigenvalue weighted by atomic mass is 9.77. The highest BCUT2D eigenvalue weighted by molar-refractivity contribution is 7.80. The SMILES string of the molecule is CC1CCC(NC(=O)C2CC2)(C(N)=S)CC1. The Balaban J connectivity index is 2.03. The first-order valence-electron chi connectivity index (χ1n) is 6.15. The molecule has 0 aromatic heterocycles. The van der Waals surface area contributed by atoms with Crippen molar-refractivity contribution in [3.8, 4) is 0 Å². The van der Waals surface area contributed by atoms with Gasteiger partial charge in [-0.05, 0) is 44.4 Å². The van der Waals surface area contributed by atoms with Gasteiger partial charge in [0.15, 0.2) is 0 Å². The van der Waals surface area contributed by atoms with E-state index in [1.54, 1.807) is 0 Å². The second-order valence-electron chi connectivity index (χ2n) is 5.39. The van der Waals surface area contributed by atoms with E-state index < -0.39 is 0 Å². The average Bonchev–Trinajstić information content (AvgIpc) is 3.04. The molecule has 2 aliphatic carbocycles. The van der Waals surface area contributed by atoms with Crippen molar-refractivity contribution in [1.29, 1.82) is 0 Å². The molecule has 2 aliphatic rings. The number of rotatable bonds is 3. The predicted molar refractivity (Wildman–Crippen MR) is 68.0 cm³/mol. The Bertz CT molecular complexity index is 304. The molecule has 2 rings (SSSR count). The Hall–Kier alpha value is -0.640. The fourth-order valence-corrected chi connectivity index (χ4v) is 2.63. The molecule has 3 N–H and O–H groups in total. The molecular formula is C12H20N2OS. The van der Waals surface area contributed by atoms with Gasteiger partial charge < -0.3 is 11.1 Å². The quantitative estimate of drug-likeness (QED) is 0.739. The molecule has 0 spiro atoms. The normalized spacial score (nSPS) is 34.4. The van der Waals surface area contributed by atoms with Crippen molar-refractivity contribution in [2.45, 2.75) is 51.0 Å². The lowest BCUT2D eigenvalue weighted by Gasteiger charge is -2.39. The van der Waals surface area contributed by atoms with E-state index in [0.717, 1.165) is 44.4 Å². The van der Waals surface area contributed by atoms with Gasteiger partial charge in [-0.25, -0.2) is 0 Å². The summed E-state index contributed by atoms with van der Waals surface area (Å²) in [5, 5.41) is 3.11. The third-order valence-corrected chi connectivity index (χ3v) is 4.30. The van der Waals surface area contributed by atoms with Crippen LogP contribution in [0.1, 0.15) is 45.4 Å². The van der Waals surface area contributed by atoms with Crippen LogP contribution < -0.4 is 11.1 Å². The van der Waals surface area contributed by atoms with Gasteiger partial charge in [0.2, 0.25) is 5.91 Å². The first kappa shape index (κ1) is 11.8. The summed E-state index contributed by atoms with van der Waals surface area (Å²) in [7, 11) is 0. The van der Waals surface area contributed by atoms with Crippen LogP contribution in [0.25, 0.3) is 0 Å². The van der Waals surface area contributed by atoms with E-state index in [9.17, 15) is 4.79 Å². The van der Waals surface area contributed by atoms with Gasteiger partial charge in [0.05, 0.1) is 10.5 Å². The maximum absolute atomic E-state index is 11.8. The molecule has 90 valence electrons. The van der Waals surface area contributed by atoms with Gasteiger partial charge in [0, 0.05) is 5.92 Å². The van der Waals surface area contributed by atoms with Gasteiger partial charge >= 0.3 is 0 Å². The monoisotopic (exact) mass is 240 g/mol. The van der Waals surface area contributed by atoms with Crippen LogP contribution in [0.15, 0.2) is 0 Å². The van der Waals surface area contributed by atoms with Gasteiger partial charge in [-0.1, -0.05) is 19.1 Å². The largest absolute Gasteiger partial charge is 0.391 e. The Morgan fingerprint density at radius 3 is 2.31 bits per heavy atom. The number of hydrogen-bond donors (Lipinski definition) is 2. The van der Waals surface area contributed by atoms with Crippen molar-refractivity contribution in [3.05, 3.63) is 0 Å². The van der Waals surface area contributed by atoms with E-state index in [0.29, 0.717) is 4.99 Å². The predicted octanol–water partition coefficient (Wildman–Crippen LogP) is 1.75. The molecule has 0 saturated heterocycles. The van der Waals surface area contributed by atoms with E-state index in [4.69, 9.17) is 18.0 Å². The summed E-state index contributed by atoms with van der Waals surface area (Å²) in [4.78, 5) is 12.3. The zero-order valence-electron chi connectivity index (χ0n) is 9.79. The zero-order valence-corrected chi connectivity index (χ0v) is 10.6. The standard InChI is InChI=1S/C12H20N2OS/c1-8-4-6-12(7-5-8,11(13)16)14-10(15)9-2-3-9/h8-9H,2-7H2,1H3,(H2,13,16)(H,14,15). The summed E-state index contributed by atoms with van der Waals surface area (Å²) >= 11 is 5.15. The van der Waals surface area contributed by atoms with Crippen molar-refractivity contribution in [2.24, 2.45) is 17.6 Å². The minimum Gasteiger partial charge on any atom is -0.391 e. The molecule has 4 heteroatoms. The number of nitrogens with two attached hydrogens (primary N) is 1. The number of thiocarbonyl (C=S) groups is 1. The van der Waals surface area contributed by atoms with E-state index in [1.807, 2.05) is 0 Å². The molecule has 1 amide bonds. The molecule has 0 radical (unpaired) electrons. The Morgan fingerprint density at radius 1 is 1.31 bits per heavy atom. The van der Waals surface area contributed by atoms with Gasteiger partial charge in [-0.3, -0.25) is 4.79 Å². The van der Waals surface area contributed by atoms with Crippen molar-refractivity contribution in [1.82, 2.24) is 5.32 Å². The fourth-order valence-electron chi connectivity index (χ4n) is 2.37. The van der Waals surface area contributed by atoms with Crippen LogP contribution in [0.4, 0.5) is 0 Å². The van der Waals surface area contributed by atoms with E-state index in [1.165, 1.54) is 0 Å². The highest BCUT2D eigenvalue weighted by atomic mass is 32.1. The highest BCUT2D eigenvalue weighted by Crippen LogP contribution is 2.35. The molecule has 0 atom stereocenters. The molecule has 0 aliphatic heterocycles. The molecule has 16 heavy (non-hydrogen) atoms. The summed E-state index contributed by atoms with van der Waals surface area (Å²) in [6, 6.07) is 0. The fraction of sp³-hybridized carbons (Fsp3) is 0.833. The molecule has 0 heterocycles. The van der Waals surface area contributed by atoms with E-state index in [2.05, 4.69) is 12.2 Å². The number of amides is 1. The molecule has 3 nitrogen and oxygen atoms in total. The summed E-state index contributed by atoms with van der Waals surface area (Å²) in [5.74, 6) is 1.10. The van der Waals surface area contributed by atoms with E-state index >= 15 is 0 Å². The van der Waals surface area contributed by atoms with Crippen LogP contribution in [0.2, 0.25) is 0 Å². The highest BCUT2D eigenvalue weighted by Gasteiger charge is 2.41. The summed E-state index contributed by atoms with van der Waals surface area (Å²) in [6.07, 6.45) is 6.06. The molecule has 2 saturated carbocycles. The van der Waals surface area contributed by atoms with Crippen LogP contribution >= 0.6 is 12.2 Å². The lowest BCUT2D eigenvalue weighted by molar-refractivity contribution is -0.123. The Kier molecular flexibility index (Phi) is 3.19. The van der Waals surface area contributed by atoms with Crippen LogP contribution in [0.3, 0.4) is 0 Å². The zero-order chi connectivity index (χ0) is 11.8. The minimum atomic E-state index is -0.387. The van der Waals surface area contributed by atoms with Crippen molar-refractivity contribution >= 4 is 23.1 Å². The molecular weight excluding hydrogens is 220 g/mol. The molecule has 0 unspecified atom stereocenters. The third-order valence-electron chi connectivity index (χ3n) is 3.91. The number of nitrogens with one attached hydrogen (secondary N) is 1. The van der Waals surface area contributed by atoms with Gasteiger partial charge in [-0.2, -0.15) is 0 Å². The first-order chi connectivity index (χ1) is 7.53. The average molecular weight is 240 g/mol. The summed E-state index contributed by atoms with van der Waals surface area (Å²) < 4.78 is 0. The molecule has 2 fully saturated rings. The topological polar surface area (TPSA) is 55.1 Å². The van der Waals surface area contributed by atoms with Crippen molar-refractivity contribution < 1.29 is 4.79 Å². The second-order valence-corrected chi connectivity index (χ2v) is 5.83. The maximum Gasteiger partial charge on any atom is 0.223 e. The lowest BCUT2D eigenvalue weighted by Crippen LogP contribution is -2.58. The van der Waals surface area contributed by atoms with E-state index in [-0.39, 0.29) is 17.4 Å². The Morgan fingerprint density at radius 2 is 1.88 bits per heavy atom. The Labute approximate surface area is 102 Å². The van der Waals surface area contributed by atoms with Crippen molar-refractivity contribution in [3.63, 3.8) is 0 Å². The first-order valence-corrected chi connectivity index (χ1v) is 6.56. The van der Waals surface area contributed by atoms with Gasteiger partial charge in [0.25, 0.3) is 0 Å². The van der Waals surface area contributed by atoms with Crippen LogP contribution in [0, 0.1) is 11.8 Å². The summed E-state index contributed by atoms with van der Waals surface area (Å²) in [5.41, 5.74) is 5.45. The second kappa shape index (κ2) is 4.32. The summed E-state index contributed by atoms with van der Waals surface area (Å²) in [6.45, 7) is 2.24. The van der Waals surface area contributed by atoms with Crippen molar-refractivity contribution in [2.75, 3.05) is 0 Å². The number of carbonyl (C=O) groups excluding carboxylic acids is 1. The third kappa shape index (κ3) is 2.37. The minimum absolute atomic E-state index is 0.155. The molecule has 0 aromatic carbocycles. The van der Waals surface area contributed by atoms with Crippen LogP contribution in [-0.4, -0.2) is 16.4 Å². The maximum atomic E-state index is 11.8. The van der Waals surface area contributed by atoms with Gasteiger partial charge in [0.1, 0.15) is 0 Å². The van der Waals surface area contributed by atoms with Gasteiger partial charge in [-0.15, -0.1) is 0 Å². The van der Waals surface area contributed by atoms with Crippen LogP contribution in [0.5, 0.6) is 0 Å². The molecule has 0 aromatic rings. The number of hydrogen-bond acceptors (Lipinski definition) is 2. The molecule has 0 bridgehead atoms. The smallest absolute Gasteiger partial charge is 0.223 e.